The molecule has 0 atom stereocenters. The van der Waals surface area contributed by atoms with Crippen molar-refractivity contribution in [3.63, 3.8) is 0 Å². The first-order chi connectivity index (χ1) is 18.9. The van der Waals surface area contributed by atoms with Crippen molar-refractivity contribution in [3.8, 4) is 0 Å². The SMILES string of the molecule is CC(=O)OCC(=O)N(CCCCOP(=O)(OCc1ccccc1)OCc1ccccc1)OCc1ccccc1. The van der Waals surface area contributed by atoms with E-state index in [1.165, 1.54) is 12.0 Å². The lowest BCUT2D eigenvalue weighted by molar-refractivity contribution is -0.197. The number of hydrogen-bond acceptors (Lipinski definition) is 8. The molecule has 0 N–H and O–H groups in total. The largest absolute Gasteiger partial charge is 0.475 e. The lowest BCUT2D eigenvalue weighted by atomic mass is 10.2. The summed E-state index contributed by atoms with van der Waals surface area (Å²) in [5.74, 6) is -1.04. The molecule has 3 aromatic carbocycles. The summed E-state index contributed by atoms with van der Waals surface area (Å²) in [6, 6.07) is 28.1. The average Bonchev–Trinajstić information content (AvgIpc) is 2.97. The van der Waals surface area contributed by atoms with Gasteiger partial charge in [-0.15, -0.1) is 0 Å². The lowest BCUT2D eigenvalue weighted by Gasteiger charge is -2.22. The predicted molar refractivity (Wildman–Crippen MR) is 145 cm³/mol. The van der Waals surface area contributed by atoms with Gasteiger partial charge in [-0.25, -0.2) is 9.63 Å². The third-order valence-corrected chi connectivity index (χ3v) is 6.77. The summed E-state index contributed by atoms with van der Waals surface area (Å²) in [7, 11) is -3.88. The molecule has 0 bridgehead atoms. The Bertz CT molecular complexity index is 1130. The Labute approximate surface area is 229 Å². The minimum absolute atomic E-state index is 0.0681. The van der Waals surface area contributed by atoms with Gasteiger partial charge in [0, 0.05) is 13.5 Å². The van der Waals surface area contributed by atoms with Crippen LogP contribution in [0.5, 0.6) is 0 Å². The van der Waals surface area contributed by atoms with E-state index >= 15 is 0 Å². The van der Waals surface area contributed by atoms with Crippen molar-refractivity contribution in [2.24, 2.45) is 0 Å². The van der Waals surface area contributed by atoms with Crippen LogP contribution in [0.2, 0.25) is 0 Å². The van der Waals surface area contributed by atoms with Gasteiger partial charge in [-0.05, 0) is 29.5 Å². The molecule has 3 rings (SSSR count). The summed E-state index contributed by atoms with van der Waals surface area (Å²) in [5, 5.41) is 1.17. The van der Waals surface area contributed by atoms with Gasteiger partial charge in [-0.1, -0.05) is 91.0 Å². The maximum absolute atomic E-state index is 13.4. The molecule has 9 nitrogen and oxygen atoms in total. The highest BCUT2D eigenvalue weighted by Crippen LogP contribution is 2.51. The average molecular weight is 556 g/mol. The highest BCUT2D eigenvalue weighted by atomic mass is 31.2. The quantitative estimate of drug-likeness (QED) is 0.0885. The number of hydrogen-bond donors (Lipinski definition) is 0. The number of benzene rings is 3. The predicted octanol–water partition coefficient (Wildman–Crippen LogP) is 5.85. The van der Waals surface area contributed by atoms with Gasteiger partial charge in [-0.3, -0.25) is 28.0 Å². The van der Waals surface area contributed by atoms with E-state index in [4.69, 9.17) is 23.1 Å². The number of nitrogens with zero attached hydrogens (tertiary/aromatic N) is 1. The maximum Gasteiger partial charge on any atom is 0.475 e. The maximum atomic E-state index is 13.4. The van der Waals surface area contributed by atoms with Crippen molar-refractivity contribution in [1.29, 1.82) is 0 Å². The molecule has 208 valence electrons. The van der Waals surface area contributed by atoms with Gasteiger partial charge in [0.05, 0.1) is 19.8 Å². The fourth-order valence-corrected chi connectivity index (χ4v) is 4.52. The summed E-state index contributed by atoms with van der Waals surface area (Å²) in [6.45, 7) is 1.42. The fraction of sp³-hybridized carbons (Fsp3) is 0.310. The highest BCUT2D eigenvalue weighted by Gasteiger charge is 2.27. The molecule has 0 aliphatic carbocycles. The Morgan fingerprint density at radius 3 is 1.67 bits per heavy atom. The van der Waals surface area contributed by atoms with Gasteiger partial charge in [0.25, 0.3) is 5.91 Å². The van der Waals surface area contributed by atoms with E-state index in [0.29, 0.717) is 12.8 Å². The number of carbonyl (C=O) groups excluding carboxylic acids is 2. The number of esters is 1. The Morgan fingerprint density at radius 1 is 0.692 bits per heavy atom. The molecule has 0 saturated carbocycles. The molecular weight excluding hydrogens is 521 g/mol. The van der Waals surface area contributed by atoms with Gasteiger partial charge >= 0.3 is 13.8 Å². The zero-order valence-electron chi connectivity index (χ0n) is 22.0. The van der Waals surface area contributed by atoms with Gasteiger partial charge in [-0.2, -0.15) is 0 Å². The first kappa shape index (κ1) is 30.2. The van der Waals surface area contributed by atoms with Crippen molar-refractivity contribution in [1.82, 2.24) is 5.06 Å². The molecule has 1 amide bonds. The summed E-state index contributed by atoms with van der Waals surface area (Å²) in [5.41, 5.74) is 2.56. The molecular formula is C29H34NO8P. The van der Waals surface area contributed by atoms with E-state index < -0.39 is 26.3 Å². The second-order valence-electron chi connectivity index (χ2n) is 8.54. The Balaban J connectivity index is 1.51. The standard InChI is InChI=1S/C29H34NO8P/c1-25(31)34-24-29(32)30(35-21-26-13-5-2-6-14-26)19-11-12-20-36-39(33,37-22-27-15-7-3-8-16-27)38-23-28-17-9-4-10-18-28/h2-10,13-18H,11-12,19-24H2,1H3. The Kier molecular flexibility index (Phi) is 12.9. The summed E-state index contributed by atoms with van der Waals surface area (Å²) in [6.07, 6.45) is 0.914. The van der Waals surface area contributed by atoms with Crippen LogP contribution in [0.15, 0.2) is 91.0 Å². The van der Waals surface area contributed by atoms with Crippen LogP contribution in [0.25, 0.3) is 0 Å². The van der Waals surface area contributed by atoms with E-state index in [9.17, 15) is 14.2 Å². The molecule has 0 aliphatic rings. The minimum Gasteiger partial charge on any atom is -0.456 e. The third kappa shape index (κ3) is 11.9. The second kappa shape index (κ2) is 16.6. The Hall–Kier alpha value is -3.33. The van der Waals surface area contributed by atoms with Crippen molar-refractivity contribution >= 4 is 19.7 Å². The molecule has 0 aliphatic heterocycles. The van der Waals surface area contributed by atoms with Crippen molar-refractivity contribution in [3.05, 3.63) is 108 Å². The molecule has 10 heteroatoms. The van der Waals surface area contributed by atoms with Gasteiger partial charge < -0.3 is 4.74 Å². The summed E-state index contributed by atoms with van der Waals surface area (Å²) in [4.78, 5) is 29.4. The molecule has 0 radical (unpaired) electrons. The van der Waals surface area contributed by atoms with Crippen LogP contribution < -0.4 is 0 Å². The van der Waals surface area contributed by atoms with Crippen molar-refractivity contribution in [2.45, 2.75) is 39.6 Å². The van der Waals surface area contributed by atoms with Crippen LogP contribution in [0, 0.1) is 0 Å². The second-order valence-corrected chi connectivity index (χ2v) is 10.2. The van der Waals surface area contributed by atoms with E-state index in [1.807, 2.05) is 91.0 Å². The molecule has 0 fully saturated rings. The molecule has 3 aromatic rings. The number of hydroxylamine groups is 2. The van der Waals surface area contributed by atoms with Crippen LogP contribution in [0.4, 0.5) is 0 Å². The van der Waals surface area contributed by atoms with E-state index in [2.05, 4.69) is 0 Å². The number of ether oxygens (including phenoxy) is 1. The van der Waals surface area contributed by atoms with Crippen LogP contribution in [-0.2, 0) is 57.1 Å². The molecule has 0 spiro atoms. The smallest absolute Gasteiger partial charge is 0.456 e. The zero-order valence-corrected chi connectivity index (χ0v) is 22.9. The van der Waals surface area contributed by atoms with Crippen LogP contribution in [0.3, 0.4) is 0 Å². The highest BCUT2D eigenvalue weighted by molar-refractivity contribution is 7.48. The molecule has 0 unspecified atom stereocenters. The van der Waals surface area contributed by atoms with Gasteiger partial charge in [0.1, 0.15) is 6.61 Å². The van der Waals surface area contributed by atoms with Crippen LogP contribution >= 0.6 is 7.82 Å². The molecule has 0 aromatic heterocycles. The third-order valence-electron chi connectivity index (χ3n) is 5.38. The van der Waals surface area contributed by atoms with E-state index in [0.717, 1.165) is 16.7 Å². The molecule has 39 heavy (non-hydrogen) atoms. The van der Waals surface area contributed by atoms with Crippen molar-refractivity contribution < 1.29 is 37.3 Å². The minimum atomic E-state index is -3.88. The number of carbonyl (C=O) groups is 2. The van der Waals surface area contributed by atoms with Crippen LogP contribution in [-0.4, -0.2) is 36.7 Å². The van der Waals surface area contributed by atoms with Crippen molar-refractivity contribution in [2.75, 3.05) is 19.8 Å². The number of phosphoric acid groups is 1. The number of phosphoric ester groups is 1. The lowest BCUT2D eigenvalue weighted by Crippen LogP contribution is -2.35. The first-order valence-corrected chi connectivity index (χ1v) is 14.1. The molecule has 0 saturated heterocycles. The fourth-order valence-electron chi connectivity index (χ4n) is 3.32. The van der Waals surface area contributed by atoms with E-state index in [1.54, 1.807) is 0 Å². The normalized spacial score (nSPS) is 11.2. The van der Waals surface area contributed by atoms with Crippen LogP contribution in [0.1, 0.15) is 36.5 Å². The number of amides is 1. The monoisotopic (exact) mass is 555 g/mol. The zero-order chi connectivity index (χ0) is 27.8. The molecule has 0 heterocycles. The van der Waals surface area contributed by atoms with Gasteiger partial charge in [0.2, 0.25) is 0 Å². The first-order valence-electron chi connectivity index (χ1n) is 12.7. The Morgan fingerprint density at radius 2 is 1.18 bits per heavy atom. The van der Waals surface area contributed by atoms with Gasteiger partial charge in [0.15, 0.2) is 6.61 Å². The topological polar surface area (TPSA) is 101 Å². The summed E-state index contributed by atoms with van der Waals surface area (Å²) >= 11 is 0. The number of unbranched alkanes of at least 4 members (excludes halogenated alkanes) is 1. The summed E-state index contributed by atoms with van der Waals surface area (Å²) < 4.78 is 35.1. The van der Waals surface area contributed by atoms with E-state index in [-0.39, 0.29) is 33.0 Å². The number of rotatable bonds is 17.